The molecular formula is C42H68N4O13. The van der Waals surface area contributed by atoms with E-state index in [2.05, 4.69) is 33.0 Å². The van der Waals surface area contributed by atoms with Gasteiger partial charge in [-0.25, -0.2) is 0 Å². The summed E-state index contributed by atoms with van der Waals surface area (Å²) in [6.07, 6.45) is 9.55. The summed E-state index contributed by atoms with van der Waals surface area (Å²) >= 11 is 0. The Morgan fingerprint density at radius 2 is 1.24 bits per heavy atom. The molecule has 0 heterocycles. The number of carbonyl (C=O) groups excluding carboxylic acids is 1. The van der Waals surface area contributed by atoms with Gasteiger partial charge in [-0.1, -0.05) is 40.5 Å². The average molecular weight is 837 g/mol. The molecule has 0 radical (unpaired) electrons. The van der Waals surface area contributed by atoms with E-state index in [1.54, 1.807) is 0 Å². The molecule has 334 valence electrons. The predicted octanol–water partition coefficient (Wildman–Crippen LogP) is 3.50. The second kappa shape index (κ2) is 20.2. The first-order valence-corrected chi connectivity index (χ1v) is 21.5. The summed E-state index contributed by atoms with van der Waals surface area (Å²) in [7, 11) is 0. The molecule has 4 saturated carbocycles. The zero-order valence-corrected chi connectivity index (χ0v) is 35.3. The van der Waals surface area contributed by atoms with Crippen molar-refractivity contribution in [2.75, 3.05) is 52.4 Å². The van der Waals surface area contributed by atoms with E-state index in [1.807, 2.05) is 0 Å². The van der Waals surface area contributed by atoms with Crippen molar-refractivity contribution in [3.05, 3.63) is 0 Å². The van der Waals surface area contributed by atoms with Crippen LogP contribution in [0.1, 0.15) is 111 Å². The molecule has 4 aliphatic rings. The Kier molecular flexibility index (Phi) is 16.3. The Bertz CT molecular complexity index is 1490. The molecule has 0 bridgehead atoms. The van der Waals surface area contributed by atoms with Gasteiger partial charge >= 0.3 is 35.8 Å². The normalized spacial score (nSPS) is 31.1. The molecule has 4 aliphatic carbocycles. The third kappa shape index (κ3) is 10.9. The van der Waals surface area contributed by atoms with Gasteiger partial charge in [0.05, 0.1) is 31.6 Å². The lowest BCUT2D eigenvalue weighted by Gasteiger charge is -2.64. The summed E-state index contributed by atoms with van der Waals surface area (Å²) in [6.45, 7) is 5.92. The third-order valence-corrected chi connectivity index (χ3v) is 15.4. The molecule has 7 N–H and O–H groups in total. The van der Waals surface area contributed by atoms with Crippen LogP contribution in [0.25, 0.3) is 0 Å². The highest BCUT2D eigenvalue weighted by molar-refractivity contribution is 5.79. The number of carboxylic acid groups (broad SMARTS) is 6. The molecule has 0 aliphatic heterocycles. The lowest BCUT2D eigenvalue weighted by molar-refractivity contribution is -0.195. The van der Waals surface area contributed by atoms with E-state index in [-0.39, 0.29) is 73.6 Å². The molecular weight excluding hydrogens is 768 g/mol. The monoisotopic (exact) mass is 836 g/mol. The fourth-order valence-corrected chi connectivity index (χ4v) is 12.7. The number of carbonyl (C=O) groups is 7. The van der Waals surface area contributed by atoms with Crippen LogP contribution in [0.5, 0.6) is 0 Å². The Balaban J connectivity index is 1.43. The van der Waals surface area contributed by atoms with E-state index in [0.717, 1.165) is 80.4 Å². The van der Waals surface area contributed by atoms with Gasteiger partial charge in [-0.05, 0) is 105 Å². The predicted molar refractivity (Wildman–Crippen MR) is 213 cm³/mol. The van der Waals surface area contributed by atoms with Gasteiger partial charge in [-0.3, -0.25) is 48.3 Å². The summed E-state index contributed by atoms with van der Waals surface area (Å²) in [6, 6.07) is -1.44. The van der Waals surface area contributed by atoms with Crippen LogP contribution < -0.4 is 5.32 Å². The summed E-state index contributed by atoms with van der Waals surface area (Å²) in [5.41, 5.74) is -1.02. The number of nitrogens with zero attached hydrogens (tertiary/aromatic N) is 3. The van der Waals surface area contributed by atoms with Crippen LogP contribution in [0.4, 0.5) is 0 Å². The van der Waals surface area contributed by atoms with E-state index >= 15 is 0 Å². The number of hydrogen-bond acceptors (Lipinski definition) is 10. The molecule has 4 rings (SSSR count). The SMILES string of the molecule is CCC[C@@H](C)[C@H]1CCC2(C(=O)O)[C@@H]3CC[C@@H]4C[C@@H](NC(=O)CC[C@@H](C(=O)O)N(CCN(CC(=O)O)CC(=O)O)CCN(CC(=O)O)CC(=O)O)CC[C@]4(C)[C@H]3CC[C@]12C. The summed E-state index contributed by atoms with van der Waals surface area (Å²) < 4.78 is 0. The minimum atomic E-state index is -1.31. The van der Waals surface area contributed by atoms with Gasteiger partial charge in [0.25, 0.3) is 0 Å². The number of hydrogen-bond donors (Lipinski definition) is 7. The molecule has 10 atom stereocenters. The molecule has 0 aromatic rings. The molecule has 1 unspecified atom stereocenters. The first kappa shape index (κ1) is 47.8. The van der Waals surface area contributed by atoms with Gasteiger partial charge < -0.3 is 36.0 Å². The van der Waals surface area contributed by atoms with Crippen LogP contribution in [0.2, 0.25) is 0 Å². The van der Waals surface area contributed by atoms with Crippen LogP contribution in [-0.2, 0) is 33.6 Å². The van der Waals surface area contributed by atoms with Crippen molar-refractivity contribution in [3.63, 3.8) is 0 Å². The number of aliphatic carboxylic acids is 6. The quantitative estimate of drug-likeness (QED) is 0.0734. The first-order valence-electron chi connectivity index (χ1n) is 21.5. The van der Waals surface area contributed by atoms with Crippen LogP contribution >= 0.6 is 0 Å². The van der Waals surface area contributed by atoms with E-state index in [1.165, 1.54) is 4.90 Å². The lowest BCUT2D eigenvalue weighted by atomic mass is 9.39. The van der Waals surface area contributed by atoms with Gasteiger partial charge in [0.15, 0.2) is 0 Å². The van der Waals surface area contributed by atoms with Crippen LogP contribution in [0.15, 0.2) is 0 Å². The zero-order valence-electron chi connectivity index (χ0n) is 35.3. The summed E-state index contributed by atoms with van der Waals surface area (Å²) in [4.78, 5) is 88.9. The molecule has 17 heteroatoms. The highest BCUT2D eigenvalue weighted by atomic mass is 16.4. The highest BCUT2D eigenvalue weighted by Crippen LogP contribution is 2.73. The Morgan fingerprint density at radius 3 is 1.73 bits per heavy atom. The number of amides is 1. The number of carboxylic acids is 6. The van der Waals surface area contributed by atoms with E-state index in [4.69, 9.17) is 0 Å². The summed E-state index contributed by atoms with van der Waals surface area (Å²) in [5, 5.41) is 61.7. The molecule has 59 heavy (non-hydrogen) atoms. The van der Waals surface area contributed by atoms with Crippen molar-refractivity contribution in [3.8, 4) is 0 Å². The number of rotatable bonds is 24. The topological polar surface area (TPSA) is 263 Å². The minimum Gasteiger partial charge on any atom is -0.481 e. The van der Waals surface area contributed by atoms with Crippen molar-refractivity contribution in [1.82, 2.24) is 20.0 Å². The number of fused-ring (bicyclic) bond motifs is 5. The maximum Gasteiger partial charge on any atom is 0.320 e. The average Bonchev–Trinajstić information content (AvgIpc) is 3.45. The fourth-order valence-electron chi connectivity index (χ4n) is 12.7. The highest BCUT2D eigenvalue weighted by Gasteiger charge is 2.71. The first-order chi connectivity index (χ1) is 27.7. The second-order valence-electron chi connectivity index (χ2n) is 18.6. The molecule has 0 aromatic heterocycles. The van der Waals surface area contributed by atoms with Crippen LogP contribution in [0, 0.1) is 45.8 Å². The molecule has 0 aromatic carbocycles. The minimum absolute atomic E-state index is 0.0553. The van der Waals surface area contributed by atoms with Gasteiger partial charge in [0.2, 0.25) is 5.91 Å². The zero-order chi connectivity index (χ0) is 43.9. The maximum absolute atomic E-state index is 13.5. The van der Waals surface area contributed by atoms with E-state index in [9.17, 15) is 64.2 Å². The Morgan fingerprint density at radius 1 is 0.678 bits per heavy atom. The van der Waals surface area contributed by atoms with Crippen molar-refractivity contribution < 1.29 is 64.2 Å². The standard InChI is InChI=1S/C42H68N4O13/c1-5-6-26(2)29-13-16-42(39(58)59)31-8-7-27-21-28(11-14-40(27,3)30(31)12-15-41(29,42)4)43-33(47)10-9-32(38(56)57)46(19-17-44(22-34(48)49)23-35(50)51)20-18-45(24-36(52)53)25-37(54)55/h26-32H,5-25H2,1-4H3,(H,43,47)(H,48,49)(H,50,51)(H,52,53)(H,54,55)(H,56,57)(H,58,59)/t26-,27-,28+,29-,30+,31-,32+,40+,41-,42?/m1/s1. The van der Waals surface area contributed by atoms with Gasteiger partial charge in [0, 0.05) is 38.6 Å². The molecule has 1 amide bonds. The van der Waals surface area contributed by atoms with Crippen molar-refractivity contribution in [2.45, 2.75) is 123 Å². The second-order valence-corrected chi connectivity index (χ2v) is 18.6. The maximum atomic E-state index is 13.5. The van der Waals surface area contributed by atoms with Crippen LogP contribution in [0.3, 0.4) is 0 Å². The van der Waals surface area contributed by atoms with Crippen LogP contribution in [-0.4, -0.2) is 152 Å². The molecule has 17 nitrogen and oxygen atoms in total. The fraction of sp³-hybridized carbons (Fsp3) is 0.833. The lowest BCUT2D eigenvalue weighted by Crippen LogP contribution is -2.62. The third-order valence-electron chi connectivity index (χ3n) is 15.4. The smallest absolute Gasteiger partial charge is 0.320 e. The van der Waals surface area contributed by atoms with Gasteiger partial charge in [-0.15, -0.1) is 0 Å². The van der Waals surface area contributed by atoms with Gasteiger partial charge in [0.1, 0.15) is 6.04 Å². The molecule has 0 saturated heterocycles. The van der Waals surface area contributed by atoms with Crippen molar-refractivity contribution in [1.29, 1.82) is 0 Å². The van der Waals surface area contributed by atoms with Crippen molar-refractivity contribution in [2.24, 2.45) is 45.8 Å². The Hall–Kier alpha value is -3.83. The van der Waals surface area contributed by atoms with Gasteiger partial charge in [-0.2, -0.15) is 0 Å². The molecule has 4 fully saturated rings. The van der Waals surface area contributed by atoms with E-state index < -0.39 is 73.5 Å². The summed E-state index contributed by atoms with van der Waals surface area (Å²) in [5.74, 6) is -5.85. The van der Waals surface area contributed by atoms with E-state index in [0.29, 0.717) is 17.8 Å². The van der Waals surface area contributed by atoms with Crippen molar-refractivity contribution >= 4 is 41.7 Å². The Labute approximate surface area is 346 Å². The largest absolute Gasteiger partial charge is 0.481 e. The number of nitrogens with one attached hydrogen (secondary N) is 1. The molecule has 0 spiro atoms.